The number of amides is 2. The molecule has 204 valence electrons. The molecule has 7 nitrogen and oxygen atoms in total. The highest BCUT2D eigenvalue weighted by molar-refractivity contribution is 9.10. The quantitative estimate of drug-likeness (QED) is 0.165. The van der Waals surface area contributed by atoms with Gasteiger partial charge in [-0.25, -0.2) is 4.79 Å². The SMILES string of the molecule is O=C(CCCOc1ccccc1)Nc1ccc(Br)cc1C(=O)NC(Cc1ccc(-c2ccccc2)cc1)C(=O)O. The van der Waals surface area contributed by atoms with Gasteiger partial charge in [-0.1, -0.05) is 88.7 Å². The summed E-state index contributed by atoms with van der Waals surface area (Å²) in [6, 6.07) is 30.5. The fourth-order valence-corrected chi connectivity index (χ4v) is 4.46. The van der Waals surface area contributed by atoms with E-state index >= 15 is 0 Å². The zero-order valence-corrected chi connectivity index (χ0v) is 23.3. The van der Waals surface area contributed by atoms with Crippen molar-refractivity contribution in [3.05, 3.63) is 119 Å². The molecule has 1 unspecified atom stereocenters. The maximum atomic E-state index is 13.2. The van der Waals surface area contributed by atoms with Crippen LogP contribution in [0.4, 0.5) is 5.69 Å². The molecule has 0 bridgehead atoms. The second-order valence-corrected chi connectivity index (χ2v) is 10.1. The van der Waals surface area contributed by atoms with E-state index in [-0.39, 0.29) is 24.3 Å². The van der Waals surface area contributed by atoms with E-state index in [1.165, 1.54) is 0 Å². The Bertz CT molecular complexity index is 1440. The summed E-state index contributed by atoms with van der Waals surface area (Å²) in [6.07, 6.45) is 0.789. The summed E-state index contributed by atoms with van der Waals surface area (Å²) in [5.74, 6) is -1.30. The molecule has 0 aliphatic rings. The van der Waals surface area contributed by atoms with E-state index in [0.717, 1.165) is 22.4 Å². The van der Waals surface area contributed by atoms with Gasteiger partial charge in [-0.3, -0.25) is 9.59 Å². The van der Waals surface area contributed by atoms with Crippen LogP contribution in [0.15, 0.2) is 108 Å². The van der Waals surface area contributed by atoms with Crippen molar-refractivity contribution >= 4 is 39.4 Å². The first-order valence-corrected chi connectivity index (χ1v) is 13.6. The van der Waals surface area contributed by atoms with Gasteiger partial charge in [0.05, 0.1) is 17.9 Å². The second-order valence-electron chi connectivity index (χ2n) is 9.13. The first kappa shape index (κ1) is 28.6. The highest BCUT2D eigenvalue weighted by atomic mass is 79.9. The summed E-state index contributed by atoms with van der Waals surface area (Å²) in [7, 11) is 0. The standard InChI is InChI=1S/C32H29BrN2O5/c33-25-17-18-28(34-30(36)12-7-19-40-26-10-5-2-6-11-26)27(21-25)31(37)35-29(32(38)39)20-22-13-15-24(16-14-22)23-8-3-1-4-9-23/h1-6,8-11,13-18,21,29H,7,12,19-20H2,(H,34,36)(H,35,37)(H,38,39). The number of aliphatic carboxylic acids is 1. The number of rotatable bonds is 12. The number of hydrogen-bond acceptors (Lipinski definition) is 4. The molecule has 40 heavy (non-hydrogen) atoms. The molecule has 0 aliphatic heterocycles. The smallest absolute Gasteiger partial charge is 0.326 e. The third-order valence-electron chi connectivity index (χ3n) is 6.16. The van der Waals surface area contributed by atoms with E-state index in [4.69, 9.17) is 4.74 Å². The zero-order chi connectivity index (χ0) is 28.3. The Balaban J connectivity index is 1.37. The molecule has 0 aliphatic carbocycles. The summed E-state index contributed by atoms with van der Waals surface area (Å²) >= 11 is 3.35. The summed E-state index contributed by atoms with van der Waals surface area (Å²) in [4.78, 5) is 37.8. The van der Waals surface area contributed by atoms with E-state index in [1.807, 2.05) is 84.9 Å². The highest BCUT2D eigenvalue weighted by Crippen LogP contribution is 2.23. The van der Waals surface area contributed by atoms with Crippen LogP contribution in [0.5, 0.6) is 5.75 Å². The first-order valence-electron chi connectivity index (χ1n) is 12.8. The van der Waals surface area contributed by atoms with Crippen LogP contribution >= 0.6 is 15.9 Å². The van der Waals surface area contributed by atoms with E-state index in [2.05, 4.69) is 26.6 Å². The molecule has 4 aromatic rings. The van der Waals surface area contributed by atoms with Gasteiger partial charge in [0, 0.05) is 17.3 Å². The third-order valence-corrected chi connectivity index (χ3v) is 6.66. The van der Waals surface area contributed by atoms with Crippen molar-refractivity contribution < 1.29 is 24.2 Å². The molecule has 0 radical (unpaired) electrons. The van der Waals surface area contributed by atoms with Gasteiger partial charge in [-0.2, -0.15) is 0 Å². The lowest BCUT2D eigenvalue weighted by molar-refractivity contribution is -0.139. The van der Waals surface area contributed by atoms with Crippen LogP contribution < -0.4 is 15.4 Å². The minimum Gasteiger partial charge on any atom is -0.494 e. The predicted octanol–water partition coefficient (Wildman–Crippen LogP) is 6.34. The van der Waals surface area contributed by atoms with Gasteiger partial charge in [0.2, 0.25) is 5.91 Å². The molecular weight excluding hydrogens is 572 g/mol. The minimum atomic E-state index is -1.16. The molecule has 0 saturated carbocycles. The van der Waals surface area contributed by atoms with Crippen molar-refractivity contribution in [2.24, 2.45) is 0 Å². The van der Waals surface area contributed by atoms with Crippen molar-refractivity contribution in [2.75, 3.05) is 11.9 Å². The summed E-state index contributed by atoms with van der Waals surface area (Å²) in [5.41, 5.74) is 3.30. The van der Waals surface area contributed by atoms with Crippen molar-refractivity contribution in [3.63, 3.8) is 0 Å². The average Bonchev–Trinajstić information content (AvgIpc) is 2.97. The number of hydrogen-bond donors (Lipinski definition) is 3. The Labute approximate surface area is 241 Å². The number of benzene rings is 4. The molecule has 0 spiro atoms. The molecule has 3 N–H and O–H groups in total. The van der Waals surface area contributed by atoms with E-state index in [0.29, 0.717) is 23.2 Å². The lowest BCUT2D eigenvalue weighted by Gasteiger charge is -2.17. The van der Waals surface area contributed by atoms with Crippen molar-refractivity contribution in [3.8, 4) is 16.9 Å². The predicted molar refractivity (Wildman–Crippen MR) is 158 cm³/mol. The number of para-hydroxylation sites is 1. The number of ether oxygens (including phenoxy) is 1. The van der Waals surface area contributed by atoms with Crippen LogP contribution in [0, 0.1) is 0 Å². The molecule has 2 amide bonds. The maximum absolute atomic E-state index is 13.2. The number of nitrogens with one attached hydrogen (secondary N) is 2. The van der Waals surface area contributed by atoms with Gasteiger partial charge in [-0.15, -0.1) is 0 Å². The minimum absolute atomic E-state index is 0.104. The second kappa shape index (κ2) is 14.1. The number of halogens is 1. The molecule has 0 heterocycles. The van der Waals surface area contributed by atoms with Gasteiger partial charge < -0.3 is 20.5 Å². The Kier molecular flexibility index (Phi) is 10.1. The number of carbonyl (C=O) groups is 3. The number of anilines is 1. The van der Waals surface area contributed by atoms with Gasteiger partial charge in [0.1, 0.15) is 11.8 Å². The largest absolute Gasteiger partial charge is 0.494 e. The fraction of sp³-hybridized carbons (Fsp3) is 0.156. The molecule has 4 aromatic carbocycles. The van der Waals surface area contributed by atoms with Gasteiger partial charge in [0.25, 0.3) is 5.91 Å². The molecule has 0 aromatic heterocycles. The van der Waals surface area contributed by atoms with Gasteiger partial charge >= 0.3 is 5.97 Å². The zero-order valence-electron chi connectivity index (χ0n) is 21.7. The molecule has 0 fully saturated rings. The Morgan fingerprint density at radius 1 is 0.825 bits per heavy atom. The van der Waals surface area contributed by atoms with Crippen LogP contribution in [0.3, 0.4) is 0 Å². The Hall–Kier alpha value is -4.43. The third kappa shape index (κ3) is 8.28. The van der Waals surface area contributed by atoms with E-state index in [9.17, 15) is 19.5 Å². The Morgan fingerprint density at radius 2 is 1.48 bits per heavy atom. The van der Waals surface area contributed by atoms with Crippen molar-refractivity contribution in [1.29, 1.82) is 0 Å². The molecule has 4 rings (SSSR count). The number of carbonyl (C=O) groups excluding carboxylic acids is 2. The van der Waals surface area contributed by atoms with E-state index < -0.39 is 17.9 Å². The lowest BCUT2D eigenvalue weighted by atomic mass is 10.0. The normalized spacial score (nSPS) is 11.3. The van der Waals surface area contributed by atoms with Crippen LogP contribution in [-0.4, -0.2) is 35.5 Å². The van der Waals surface area contributed by atoms with Gasteiger partial charge in [-0.05, 0) is 53.4 Å². The highest BCUT2D eigenvalue weighted by Gasteiger charge is 2.23. The summed E-state index contributed by atoms with van der Waals surface area (Å²) < 4.78 is 6.24. The van der Waals surface area contributed by atoms with Gasteiger partial charge in [0.15, 0.2) is 0 Å². The number of carboxylic acid groups (broad SMARTS) is 1. The fourth-order valence-electron chi connectivity index (χ4n) is 4.10. The van der Waals surface area contributed by atoms with Crippen LogP contribution in [0.25, 0.3) is 11.1 Å². The van der Waals surface area contributed by atoms with Crippen molar-refractivity contribution in [1.82, 2.24) is 5.32 Å². The topological polar surface area (TPSA) is 105 Å². The van der Waals surface area contributed by atoms with Crippen LogP contribution in [-0.2, 0) is 16.0 Å². The maximum Gasteiger partial charge on any atom is 0.326 e. The summed E-state index contributed by atoms with van der Waals surface area (Å²) in [5, 5.41) is 15.2. The molecular formula is C32H29BrN2O5. The molecule has 1 atom stereocenters. The van der Waals surface area contributed by atoms with E-state index in [1.54, 1.807) is 18.2 Å². The van der Waals surface area contributed by atoms with Crippen LogP contribution in [0.2, 0.25) is 0 Å². The lowest BCUT2D eigenvalue weighted by Crippen LogP contribution is -2.42. The number of carboxylic acids is 1. The van der Waals surface area contributed by atoms with Crippen molar-refractivity contribution in [2.45, 2.75) is 25.3 Å². The Morgan fingerprint density at radius 3 is 2.15 bits per heavy atom. The monoisotopic (exact) mass is 600 g/mol. The average molecular weight is 601 g/mol. The molecule has 8 heteroatoms. The summed E-state index contributed by atoms with van der Waals surface area (Å²) in [6.45, 7) is 0.373. The van der Waals surface area contributed by atoms with Crippen LogP contribution in [0.1, 0.15) is 28.8 Å². The molecule has 0 saturated heterocycles. The first-order chi connectivity index (χ1) is 19.4.